The standard InChI is InChI=1S/C24H30N2O6S/c1-18-8-9-22(16-19(18)2)33(29,30)26-13-10-20(11-14-26)24(28)32-17-23(27)25-12-15-31-21-6-4-3-5-7-21/h3-9,16,20H,10-15,17H2,1-2H3,(H,25,27). The summed E-state index contributed by atoms with van der Waals surface area (Å²) in [4.78, 5) is 24.5. The topological polar surface area (TPSA) is 102 Å². The maximum Gasteiger partial charge on any atom is 0.309 e. The van der Waals surface area contributed by atoms with Crippen molar-refractivity contribution in [1.29, 1.82) is 0 Å². The van der Waals surface area contributed by atoms with Crippen LogP contribution < -0.4 is 10.1 Å². The molecule has 1 aliphatic heterocycles. The Kier molecular flexibility index (Phi) is 8.46. The van der Waals surface area contributed by atoms with E-state index >= 15 is 0 Å². The second kappa shape index (κ2) is 11.3. The molecule has 1 N–H and O–H groups in total. The number of aryl methyl sites for hydroxylation is 2. The monoisotopic (exact) mass is 474 g/mol. The fourth-order valence-electron chi connectivity index (χ4n) is 3.54. The number of benzene rings is 2. The van der Waals surface area contributed by atoms with E-state index in [2.05, 4.69) is 5.32 Å². The minimum atomic E-state index is -3.60. The van der Waals surface area contributed by atoms with Crippen LogP contribution in [0.5, 0.6) is 5.75 Å². The van der Waals surface area contributed by atoms with Crippen molar-refractivity contribution in [3.63, 3.8) is 0 Å². The van der Waals surface area contributed by atoms with E-state index in [-0.39, 0.29) is 24.6 Å². The van der Waals surface area contributed by atoms with E-state index in [1.54, 1.807) is 18.2 Å². The van der Waals surface area contributed by atoms with Crippen LogP contribution in [-0.2, 0) is 24.3 Å². The fourth-order valence-corrected chi connectivity index (χ4v) is 5.09. The van der Waals surface area contributed by atoms with Crippen LogP contribution in [0.3, 0.4) is 0 Å². The van der Waals surface area contributed by atoms with E-state index in [4.69, 9.17) is 9.47 Å². The number of hydrogen-bond acceptors (Lipinski definition) is 6. The molecule has 2 aromatic rings. The molecule has 0 bridgehead atoms. The zero-order chi connectivity index (χ0) is 23.8. The third kappa shape index (κ3) is 6.79. The highest BCUT2D eigenvalue weighted by Crippen LogP contribution is 2.25. The van der Waals surface area contributed by atoms with Crippen molar-refractivity contribution in [3.8, 4) is 5.75 Å². The first-order chi connectivity index (χ1) is 15.8. The molecular formula is C24H30N2O6S. The average molecular weight is 475 g/mol. The summed E-state index contributed by atoms with van der Waals surface area (Å²) in [6.07, 6.45) is 0.713. The largest absolute Gasteiger partial charge is 0.492 e. The number of piperidine rings is 1. The number of ether oxygens (including phenoxy) is 2. The molecule has 0 saturated carbocycles. The smallest absolute Gasteiger partial charge is 0.309 e. The Hall–Kier alpha value is -2.91. The second-order valence-electron chi connectivity index (χ2n) is 8.04. The van der Waals surface area contributed by atoms with E-state index in [1.807, 2.05) is 44.2 Å². The summed E-state index contributed by atoms with van der Waals surface area (Å²) in [5.74, 6) is -0.599. The Morgan fingerprint density at radius 2 is 1.73 bits per heavy atom. The third-order valence-electron chi connectivity index (χ3n) is 5.69. The Morgan fingerprint density at radius 1 is 1.03 bits per heavy atom. The highest BCUT2D eigenvalue weighted by Gasteiger charge is 2.33. The van der Waals surface area contributed by atoms with Crippen LogP contribution >= 0.6 is 0 Å². The van der Waals surface area contributed by atoms with Gasteiger partial charge in [-0.2, -0.15) is 4.31 Å². The molecule has 0 aromatic heterocycles. The van der Waals surface area contributed by atoms with E-state index in [0.717, 1.165) is 11.1 Å². The van der Waals surface area contributed by atoms with Gasteiger partial charge in [-0.15, -0.1) is 0 Å². The quantitative estimate of drug-likeness (QED) is 0.442. The van der Waals surface area contributed by atoms with Crippen molar-refractivity contribution >= 4 is 21.9 Å². The van der Waals surface area contributed by atoms with Gasteiger partial charge in [0.25, 0.3) is 5.91 Å². The van der Waals surface area contributed by atoms with Crippen LogP contribution in [0.4, 0.5) is 0 Å². The molecule has 9 heteroatoms. The molecule has 8 nitrogen and oxygen atoms in total. The second-order valence-corrected chi connectivity index (χ2v) is 9.98. The zero-order valence-corrected chi connectivity index (χ0v) is 19.8. The maximum absolute atomic E-state index is 12.9. The summed E-state index contributed by atoms with van der Waals surface area (Å²) in [7, 11) is -3.60. The first-order valence-electron chi connectivity index (χ1n) is 11.0. The number of nitrogens with zero attached hydrogens (tertiary/aromatic N) is 1. The predicted octanol–water partition coefficient (Wildman–Crippen LogP) is 2.44. The minimum absolute atomic E-state index is 0.234. The summed E-state index contributed by atoms with van der Waals surface area (Å²) in [5, 5.41) is 2.64. The minimum Gasteiger partial charge on any atom is -0.492 e. The summed E-state index contributed by atoms with van der Waals surface area (Å²) < 4.78 is 37.8. The summed E-state index contributed by atoms with van der Waals surface area (Å²) >= 11 is 0. The molecule has 0 radical (unpaired) electrons. The number of para-hydroxylation sites is 1. The number of amides is 1. The van der Waals surface area contributed by atoms with Crippen molar-refractivity contribution in [3.05, 3.63) is 59.7 Å². The lowest BCUT2D eigenvalue weighted by atomic mass is 9.98. The van der Waals surface area contributed by atoms with Crippen LogP contribution in [0.25, 0.3) is 0 Å². The van der Waals surface area contributed by atoms with Crippen molar-refractivity contribution < 1.29 is 27.5 Å². The van der Waals surface area contributed by atoms with Crippen LogP contribution in [-0.4, -0.2) is 57.4 Å². The molecule has 178 valence electrons. The van der Waals surface area contributed by atoms with E-state index in [1.165, 1.54) is 4.31 Å². The van der Waals surface area contributed by atoms with Crippen molar-refractivity contribution in [2.24, 2.45) is 5.92 Å². The molecule has 0 spiro atoms. The summed E-state index contributed by atoms with van der Waals surface area (Å²) in [6, 6.07) is 14.3. The van der Waals surface area contributed by atoms with Gasteiger partial charge in [0.15, 0.2) is 6.61 Å². The van der Waals surface area contributed by atoms with Gasteiger partial charge in [-0.25, -0.2) is 8.42 Å². The molecule has 0 atom stereocenters. The van der Waals surface area contributed by atoms with Gasteiger partial charge >= 0.3 is 5.97 Å². The number of hydrogen-bond donors (Lipinski definition) is 1. The highest BCUT2D eigenvalue weighted by molar-refractivity contribution is 7.89. The number of sulfonamides is 1. The molecule has 2 aromatic carbocycles. The molecular weight excluding hydrogens is 444 g/mol. The highest BCUT2D eigenvalue weighted by atomic mass is 32.2. The van der Waals surface area contributed by atoms with Crippen LogP contribution in [0.2, 0.25) is 0 Å². The van der Waals surface area contributed by atoms with Crippen LogP contribution in [0.1, 0.15) is 24.0 Å². The molecule has 1 heterocycles. The molecule has 3 rings (SSSR count). The number of rotatable bonds is 9. The normalized spacial score (nSPS) is 15.1. The van der Waals surface area contributed by atoms with Crippen molar-refractivity contribution in [1.82, 2.24) is 9.62 Å². The van der Waals surface area contributed by atoms with Crippen molar-refractivity contribution in [2.75, 3.05) is 32.8 Å². The Labute approximate surface area is 194 Å². The molecule has 0 unspecified atom stereocenters. The Morgan fingerprint density at radius 3 is 2.39 bits per heavy atom. The maximum atomic E-state index is 12.9. The molecule has 1 amide bonds. The lowest BCUT2D eigenvalue weighted by molar-refractivity contribution is -0.153. The van der Waals surface area contributed by atoms with Crippen molar-refractivity contribution in [2.45, 2.75) is 31.6 Å². The van der Waals surface area contributed by atoms with Gasteiger partial charge in [0.1, 0.15) is 12.4 Å². The molecule has 33 heavy (non-hydrogen) atoms. The Balaban J connectivity index is 1.38. The molecule has 1 fully saturated rings. The molecule has 1 saturated heterocycles. The average Bonchev–Trinajstić information content (AvgIpc) is 2.82. The lowest BCUT2D eigenvalue weighted by Gasteiger charge is -2.30. The lowest BCUT2D eigenvalue weighted by Crippen LogP contribution is -2.41. The fraction of sp³-hybridized carbons (Fsp3) is 0.417. The molecule has 1 aliphatic rings. The van der Waals surface area contributed by atoms with E-state index in [9.17, 15) is 18.0 Å². The van der Waals surface area contributed by atoms with E-state index < -0.39 is 27.8 Å². The first kappa shape index (κ1) is 24.7. The zero-order valence-electron chi connectivity index (χ0n) is 19.0. The number of esters is 1. The van der Waals surface area contributed by atoms with Crippen LogP contribution in [0.15, 0.2) is 53.4 Å². The number of nitrogens with one attached hydrogen (secondary N) is 1. The summed E-state index contributed by atoms with van der Waals surface area (Å²) in [5.41, 5.74) is 1.95. The third-order valence-corrected chi connectivity index (χ3v) is 7.58. The van der Waals surface area contributed by atoms with Gasteiger partial charge in [0.05, 0.1) is 17.4 Å². The first-order valence-corrected chi connectivity index (χ1v) is 12.4. The van der Waals surface area contributed by atoms with Gasteiger partial charge < -0.3 is 14.8 Å². The summed E-state index contributed by atoms with van der Waals surface area (Å²) in [6.45, 7) is 4.50. The van der Waals surface area contributed by atoms with Gasteiger partial charge in [-0.1, -0.05) is 24.3 Å². The number of carbonyl (C=O) groups excluding carboxylic acids is 2. The van der Waals surface area contributed by atoms with Gasteiger partial charge in [0, 0.05) is 13.1 Å². The number of carbonyl (C=O) groups is 2. The van der Waals surface area contributed by atoms with Gasteiger partial charge in [0.2, 0.25) is 10.0 Å². The Bertz CT molecular complexity index is 1060. The van der Waals surface area contributed by atoms with E-state index in [0.29, 0.717) is 31.7 Å². The van der Waals surface area contributed by atoms with Crippen LogP contribution in [0, 0.1) is 19.8 Å². The van der Waals surface area contributed by atoms with Gasteiger partial charge in [-0.05, 0) is 62.1 Å². The predicted molar refractivity (Wildman–Crippen MR) is 123 cm³/mol. The molecule has 0 aliphatic carbocycles. The SMILES string of the molecule is Cc1ccc(S(=O)(=O)N2CCC(C(=O)OCC(=O)NCCOc3ccccc3)CC2)cc1C. The van der Waals surface area contributed by atoms with Gasteiger partial charge in [-0.3, -0.25) is 9.59 Å².